The van der Waals surface area contributed by atoms with Gasteiger partial charge in [-0.15, -0.1) is 0 Å². The lowest BCUT2D eigenvalue weighted by molar-refractivity contribution is -0.113. The number of carbonyl (C=O) groups is 1. The fraction of sp³-hybridized carbons (Fsp3) is 0.400. The van der Waals surface area contributed by atoms with Gasteiger partial charge in [-0.25, -0.2) is 4.39 Å². The summed E-state index contributed by atoms with van der Waals surface area (Å²) in [5, 5.41) is 11.3. The Balaban J connectivity index is 2.06. The number of halogens is 2. The van der Waals surface area contributed by atoms with Gasteiger partial charge in [-0.2, -0.15) is 0 Å². The SMILES string of the molecule is CCCCC(C)[C@@H]1CC(=O)C(c2cc(-c3ccc(Cl)cc3F)ccc2CC)=C1O. The van der Waals surface area contributed by atoms with E-state index in [2.05, 4.69) is 13.8 Å². The molecule has 154 valence electrons. The summed E-state index contributed by atoms with van der Waals surface area (Å²) in [6.07, 6.45) is 4.23. The molecule has 0 fully saturated rings. The average molecular weight is 415 g/mol. The Kier molecular flexibility index (Phi) is 6.79. The van der Waals surface area contributed by atoms with Crippen LogP contribution in [0.3, 0.4) is 0 Å². The quantitative estimate of drug-likeness (QED) is 0.512. The molecule has 0 saturated heterocycles. The number of aliphatic hydroxyl groups is 1. The molecule has 3 rings (SSSR count). The molecule has 0 heterocycles. The second-order valence-electron chi connectivity index (χ2n) is 7.96. The number of unbranched alkanes of at least 4 members (excludes halogenated alkanes) is 1. The van der Waals surface area contributed by atoms with E-state index in [9.17, 15) is 14.3 Å². The summed E-state index contributed by atoms with van der Waals surface area (Å²) < 4.78 is 14.5. The van der Waals surface area contributed by atoms with Crippen LogP contribution in [-0.2, 0) is 11.2 Å². The maximum absolute atomic E-state index is 14.5. The molecule has 2 nitrogen and oxygen atoms in total. The van der Waals surface area contributed by atoms with Crippen LogP contribution in [0.25, 0.3) is 16.7 Å². The zero-order valence-electron chi connectivity index (χ0n) is 17.3. The van der Waals surface area contributed by atoms with E-state index in [1.807, 2.05) is 25.1 Å². The van der Waals surface area contributed by atoms with Crippen LogP contribution in [-0.4, -0.2) is 10.9 Å². The van der Waals surface area contributed by atoms with Crippen molar-refractivity contribution in [1.82, 2.24) is 0 Å². The van der Waals surface area contributed by atoms with E-state index >= 15 is 0 Å². The Labute approximate surface area is 177 Å². The molecule has 0 spiro atoms. The molecule has 1 aliphatic carbocycles. The van der Waals surface area contributed by atoms with Crippen molar-refractivity contribution in [3.8, 4) is 11.1 Å². The molecule has 1 N–H and O–H groups in total. The van der Waals surface area contributed by atoms with Gasteiger partial charge in [-0.05, 0) is 53.3 Å². The number of aryl methyl sites for hydroxylation is 1. The number of aliphatic hydroxyl groups excluding tert-OH is 1. The fourth-order valence-electron chi connectivity index (χ4n) is 4.22. The summed E-state index contributed by atoms with van der Waals surface area (Å²) in [5.74, 6) is -0.126. The number of carbonyl (C=O) groups excluding carboxylic acids is 1. The maximum atomic E-state index is 14.5. The minimum Gasteiger partial charge on any atom is -0.511 e. The van der Waals surface area contributed by atoms with Gasteiger partial charge < -0.3 is 5.11 Å². The van der Waals surface area contributed by atoms with Crippen molar-refractivity contribution >= 4 is 23.0 Å². The minimum atomic E-state index is -0.408. The lowest BCUT2D eigenvalue weighted by Gasteiger charge is -2.18. The molecule has 2 atom stereocenters. The van der Waals surface area contributed by atoms with Crippen LogP contribution < -0.4 is 0 Å². The Morgan fingerprint density at radius 2 is 1.93 bits per heavy atom. The summed E-state index contributed by atoms with van der Waals surface area (Å²) in [4.78, 5) is 12.9. The van der Waals surface area contributed by atoms with Gasteiger partial charge in [0.05, 0.1) is 5.57 Å². The zero-order valence-corrected chi connectivity index (χ0v) is 18.0. The Morgan fingerprint density at radius 3 is 2.59 bits per heavy atom. The number of hydrogen-bond donors (Lipinski definition) is 1. The third-order valence-electron chi connectivity index (χ3n) is 5.99. The largest absolute Gasteiger partial charge is 0.511 e. The Bertz CT molecular complexity index is 948. The molecular weight excluding hydrogens is 387 g/mol. The van der Waals surface area contributed by atoms with E-state index in [1.165, 1.54) is 6.07 Å². The summed E-state index contributed by atoms with van der Waals surface area (Å²) in [6.45, 7) is 6.26. The molecule has 1 aliphatic rings. The first-order valence-corrected chi connectivity index (χ1v) is 10.8. The zero-order chi connectivity index (χ0) is 21.1. The molecule has 29 heavy (non-hydrogen) atoms. The van der Waals surface area contributed by atoms with Gasteiger partial charge in [0.2, 0.25) is 0 Å². The van der Waals surface area contributed by atoms with E-state index in [0.717, 1.165) is 31.2 Å². The third kappa shape index (κ3) is 4.40. The van der Waals surface area contributed by atoms with E-state index < -0.39 is 5.82 Å². The number of allylic oxidation sites excluding steroid dienone is 2. The lowest BCUT2D eigenvalue weighted by atomic mass is 9.88. The Morgan fingerprint density at radius 1 is 1.17 bits per heavy atom. The Hall–Kier alpha value is -2.13. The molecule has 0 aromatic heterocycles. The first-order chi connectivity index (χ1) is 13.9. The van der Waals surface area contributed by atoms with Crippen molar-refractivity contribution in [2.24, 2.45) is 11.8 Å². The van der Waals surface area contributed by atoms with Gasteiger partial charge >= 0.3 is 0 Å². The summed E-state index contributed by atoms with van der Waals surface area (Å²) in [5.41, 5.74) is 3.19. The van der Waals surface area contributed by atoms with Crippen molar-refractivity contribution in [2.75, 3.05) is 0 Å². The van der Waals surface area contributed by atoms with Crippen LogP contribution in [0.1, 0.15) is 57.6 Å². The van der Waals surface area contributed by atoms with Crippen LogP contribution in [0.4, 0.5) is 4.39 Å². The van der Waals surface area contributed by atoms with Crippen molar-refractivity contribution in [3.63, 3.8) is 0 Å². The molecule has 0 amide bonds. The second kappa shape index (κ2) is 9.13. The summed E-state index contributed by atoms with van der Waals surface area (Å²) in [6, 6.07) is 10.2. The second-order valence-corrected chi connectivity index (χ2v) is 8.40. The molecule has 0 saturated carbocycles. The number of rotatable bonds is 7. The molecular formula is C25H28ClFO2. The topological polar surface area (TPSA) is 37.3 Å². The number of hydrogen-bond acceptors (Lipinski definition) is 2. The van der Waals surface area contributed by atoms with Crippen molar-refractivity contribution in [1.29, 1.82) is 0 Å². The van der Waals surface area contributed by atoms with Gasteiger partial charge in [0.1, 0.15) is 11.6 Å². The number of benzene rings is 2. The number of ketones is 1. The van der Waals surface area contributed by atoms with Crippen LogP contribution in [0.5, 0.6) is 0 Å². The first kappa shape index (κ1) is 21.6. The smallest absolute Gasteiger partial charge is 0.167 e. The van der Waals surface area contributed by atoms with E-state index in [1.54, 1.807) is 12.1 Å². The maximum Gasteiger partial charge on any atom is 0.167 e. The van der Waals surface area contributed by atoms with Gasteiger partial charge in [0, 0.05) is 22.9 Å². The number of Topliss-reactive ketones (excluding diaryl/α,β-unsaturated/α-hetero) is 1. The van der Waals surface area contributed by atoms with E-state index in [0.29, 0.717) is 33.7 Å². The first-order valence-electron chi connectivity index (χ1n) is 10.4. The molecule has 2 aromatic carbocycles. The molecule has 2 aromatic rings. The normalized spacial score (nSPS) is 17.8. The predicted octanol–water partition coefficient (Wildman–Crippen LogP) is 7.39. The van der Waals surface area contributed by atoms with Crippen molar-refractivity contribution in [2.45, 2.75) is 52.9 Å². The molecule has 0 aliphatic heterocycles. The fourth-order valence-corrected chi connectivity index (χ4v) is 4.38. The van der Waals surface area contributed by atoms with Crippen LogP contribution in [0.15, 0.2) is 42.2 Å². The van der Waals surface area contributed by atoms with Gasteiger partial charge in [-0.1, -0.05) is 63.8 Å². The highest BCUT2D eigenvalue weighted by Gasteiger charge is 2.36. The lowest BCUT2D eigenvalue weighted by Crippen LogP contribution is -2.12. The monoisotopic (exact) mass is 414 g/mol. The summed E-state index contributed by atoms with van der Waals surface area (Å²) in [7, 11) is 0. The third-order valence-corrected chi connectivity index (χ3v) is 6.23. The molecule has 4 heteroatoms. The molecule has 1 unspecified atom stereocenters. The minimum absolute atomic E-state index is 0.0284. The van der Waals surface area contributed by atoms with Crippen LogP contribution in [0.2, 0.25) is 5.02 Å². The van der Waals surface area contributed by atoms with Crippen molar-refractivity contribution in [3.05, 3.63) is 64.1 Å². The predicted molar refractivity (Wildman–Crippen MR) is 118 cm³/mol. The average Bonchev–Trinajstić information content (AvgIpc) is 2.99. The van der Waals surface area contributed by atoms with Gasteiger partial charge in [0.15, 0.2) is 5.78 Å². The highest BCUT2D eigenvalue weighted by molar-refractivity contribution is 6.30. The van der Waals surface area contributed by atoms with Gasteiger partial charge in [-0.3, -0.25) is 4.79 Å². The van der Waals surface area contributed by atoms with Gasteiger partial charge in [0.25, 0.3) is 0 Å². The van der Waals surface area contributed by atoms with Crippen molar-refractivity contribution < 1.29 is 14.3 Å². The van der Waals surface area contributed by atoms with Crippen LogP contribution >= 0.6 is 11.6 Å². The van der Waals surface area contributed by atoms with E-state index in [4.69, 9.17) is 11.6 Å². The van der Waals surface area contributed by atoms with Crippen LogP contribution in [0, 0.1) is 17.7 Å². The van der Waals surface area contributed by atoms with E-state index in [-0.39, 0.29) is 23.4 Å². The molecule has 0 bridgehead atoms. The molecule has 0 radical (unpaired) electrons. The highest BCUT2D eigenvalue weighted by atomic mass is 35.5. The summed E-state index contributed by atoms with van der Waals surface area (Å²) >= 11 is 5.88. The highest BCUT2D eigenvalue weighted by Crippen LogP contribution is 2.41. The standard InChI is InChI=1S/C25H28ClFO2/c1-4-6-7-15(3)20-14-23(28)24(25(20)29)21-12-17(9-8-16(21)5-2)19-11-10-18(26)13-22(19)27/h8-13,15,20,29H,4-7,14H2,1-3H3/t15?,20-/m0/s1.